The molecule has 100 valence electrons. The Morgan fingerprint density at radius 3 is 2.72 bits per heavy atom. The SMILES string of the molecule is CCCC(C)(Nc1cncc(OC)n1)C(=O)OC. The van der Waals surface area contributed by atoms with Crippen LogP contribution in [0.3, 0.4) is 0 Å². The molecule has 0 radical (unpaired) electrons. The Kier molecular flexibility index (Phi) is 4.88. The summed E-state index contributed by atoms with van der Waals surface area (Å²) in [6.45, 7) is 3.78. The monoisotopic (exact) mass is 253 g/mol. The largest absolute Gasteiger partial charge is 0.480 e. The lowest BCUT2D eigenvalue weighted by Gasteiger charge is -2.27. The molecular weight excluding hydrogens is 234 g/mol. The van der Waals surface area contributed by atoms with Gasteiger partial charge in [0.1, 0.15) is 11.4 Å². The molecule has 1 aromatic heterocycles. The number of carbonyl (C=O) groups is 1. The van der Waals surface area contributed by atoms with Crippen LogP contribution >= 0.6 is 0 Å². The molecule has 1 rings (SSSR count). The van der Waals surface area contributed by atoms with Crippen LogP contribution in [0.4, 0.5) is 5.82 Å². The lowest BCUT2D eigenvalue weighted by molar-refractivity contribution is -0.145. The third kappa shape index (κ3) is 3.32. The molecule has 0 fully saturated rings. The maximum atomic E-state index is 11.8. The number of hydrogen-bond donors (Lipinski definition) is 1. The second-order valence-electron chi connectivity index (χ2n) is 4.15. The van der Waals surface area contributed by atoms with Gasteiger partial charge in [0, 0.05) is 0 Å². The molecule has 1 aromatic rings. The molecule has 0 spiro atoms. The molecule has 6 nitrogen and oxygen atoms in total. The fourth-order valence-corrected chi connectivity index (χ4v) is 1.73. The number of aromatic nitrogens is 2. The molecule has 0 saturated carbocycles. The zero-order valence-electron chi connectivity index (χ0n) is 11.2. The maximum Gasteiger partial charge on any atom is 0.331 e. The van der Waals surface area contributed by atoms with E-state index in [0.29, 0.717) is 18.1 Å². The number of ether oxygens (including phenoxy) is 2. The lowest BCUT2D eigenvalue weighted by Crippen LogP contribution is -2.44. The predicted octanol–water partition coefficient (Wildman–Crippen LogP) is 1.63. The minimum atomic E-state index is -0.815. The molecule has 0 aliphatic heterocycles. The van der Waals surface area contributed by atoms with Crippen LogP contribution in [0, 0.1) is 0 Å². The zero-order valence-corrected chi connectivity index (χ0v) is 11.2. The molecule has 6 heteroatoms. The molecule has 1 unspecified atom stereocenters. The van der Waals surface area contributed by atoms with Gasteiger partial charge in [-0.25, -0.2) is 4.79 Å². The third-order valence-corrected chi connectivity index (χ3v) is 2.61. The summed E-state index contributed by atoms with van der Waals surface area (Å²) in [7, 11) is 2.88. The van der Waals surface area contributed by atoms with Gasteiger partial charge in [0.25, 0.3) is 0 Å². The summed E-state index contributed by atoms with van der Waals surface area (Å²) in [5.41, 5.74) is -0.815. The number of hydrogen-bond acceptors (Lipinski definition) is 6. The molecule has 0 saturated heterocycles. The molecule has 0 amide bonds. The minimum absolute atomic E-state index is 0.325. The molecular formula is C12H19N3O3. The minimum Gasteiger partial charge on any atom is -0.480 e. The van der Waals surface area contributed by atoms with Crippen molar-refractivity contribution in [2.75, 3.05) is 19.5 Å². The van der Waals surface area contributed by atoms with E-state index in [1.54, 1.807) is 13.1 Å². The van der Waals surface area contributed by atoms with Gasteiger partial charge in [0.15, 0.2) is 0 Å². The zero-order chi connectivity index (χ0) is 13.6. The Balaban J connectivity index is 2.92. The number of methoxy groups -OCH3 is 2. The van der Waals surface area contributed by atoms with Gasteiger partial charge < -0.3 is 14.8 Å². The van der Waals surface area contributed by atoms with E-state index >= 15 is 0 Å². The first-order valence-electron chi connectivity index (χ1n) is 5.78. The summed E-state index contributed by atoms with van der Waals surface area (Å²) in [5.74, 6) is 0.549. The van der Waals surface area contributed by atoms with Crippen molar-refractivity contribution in [3.05, 3.63) is 12.4 Å². The van der Waals surface area contributed by atoms with Crippen molar-refractivity contribution in [2.24, 2.45) is 0 Å². The van der Waals surface area contributed by atoms with E-state index in [-0.39, 0.29) is 5.97 Å². The van der Waals surface area contributed by atoms with E-state index in [2.05, 4.69) is 15.3 Å². The lowest BCUT2D eigenvalue weighted by atomic mass is 9.96. The first-order valence-corrected chi connectivity index (χ1v) is 5.78. The van der Waals surface area contributed by atoms with Crippen molar-refractivity contribution < 1.29 is 14.3 Å². The topological polar surface area (TPSA) is 73.3 Å². The second kappa shape index (κ2) is 6.18. The number of carbonyl (C=O) groups excluding carboxylic acids is 1. The molecule has 0 aliphatic rings. The Morgan fingerprint density at radius 2 is 2.17 bits per heavy atom. The van der Waals surface area contributed by atoms with Crippen LogP contribution in [0.25, 0.3) is 0 Å². The smallest absolute Gasteiger partial charge is 0.331 e. The van der Waals surface area contributed by atoms with E-state index in [1.807, 2.05) is 6.92 Å². The molecule has 18 heavy (non-hydrogen) atoms. The van der Waals surface area contributed by atoms with E-state index in [0.717, 1.165) is 6.42 Å². The van der Waals surface area contributed by atoms with Crippen molar-refractivity contribution in [3.8, 4) is 5.88 Å². The van der Waals surface area contributed by atoms with Crippen molar-refractivity contribution in [1.82, 2.24) is 9.97 Å². The number of nitrogens with one attached hydrogen (secondary N) is 1. The van der Waals surface area contributed by atoms with Crippen LogP contribution in [0.1, 0.15) is 26.7 Å². The van der Waals surface area contributed by atoms with Crippen LogP contribution < -0.4 is 10.1 Å². The summed E-state index contributed by atoms with van der Waals surface area (Å²) in [6, 6.07) is 0. The van der Waals surface area contributed by atoms with E-state index in [9.17, 15) is 4.79 Å². The highest BCUT2D eigenvalue weighted by atomic mass is 16.5. The summed E-state index contributed by atoms with van der Waals surface area (Å²) in [5, 5.41) is 3.05. The second-order valence-corrected chi connectivity index (χ2v) is 4.15. The maximum absolute atomic E-state index is 11.8. The fourth-order valence-electron chi connectivity index (χ4n) is 1.73. The molecule has 0 aromatic carbocycles. The average Bonchev–Trinajstić information content (AvgIpc) is 2.38. The number of esters is 1. The van der Waals surface area contributed by atoms with E-state index < -0.39 is 5.54 Å². The fraction of sp³-hybridized carbons (Fsp3) is 0.583. The standard InChI is InChI=1S/C12H19N3O3/c1-5-6-12(2,11(16)18-4)15-9-7-13-8-10(14-9)17-3/h7-8H,5-6H2,1-4H3,(H,14,15). The van der Waals surface area contributed by atoms with Crippen LogP contribution in [0.2, 0.25) is 0 Å². The van der Waals surface area contributed by atoms with Gasteiger partial charge in [-0.05, 0) is 13.3 Å². The first kappa shape index (κ1) is 14.2. The highest BCUT2D eigenvalue weighted by Crippen LogP contribution is 2.21. The van der Waals surface area contributed by atoms with Crippen LogP contribution in [0.5, 0.6) is 5.88 Å². The van der Waals surface area contributed by atoms with Crippen molar-refractivity contribution in [1.29, 1.82) is 0 Å². The van der Waals surface area contributed by atoms with Gasteiger partial charge in [0.05, 0.1) is 26.6 Å². The summed E-state index contributed by atoms with van der Waals surface area (Å²) in [6.07, 6.45) is 4.52. The molecule has 0 aliphatic carbocycles. The number of anilines is 1. The van der Waals surface area contributed by atoms with Crippen molar-refractivity contribution in [2.45, 2.75) is 32.2 Å². The average molecular weight is 253 g/mol. The van der Waals surface area contributed by atoms with Crippen molar-refractivity contribution >= 4 is 11.8 Å². The quantitative estimate of drug-likeness (QED) is 0.777. The van der Waals surface area contributed by atoms with Gasteiger partial charge >= 0.3 is 5.97 Å². The Labute approximate surface area is 107 Å². The highest BCUT2D eigenvalue weighted by molar-refractivity contribution is 5.83. The molecule has 1 atom stereocenters. The van der Waals surface area contributed by atoms with Crippen LogP contribution in [-0.2, 0) is 9.53 Å². The van der Waals surface area contributed by atoms with Gasteiger partial charge in [-0.2, -0.15) is 4.98 Å². The van der Waals surface area contributed by atoms with E-state index in [4.69, 9.17) is 9.47 Å². The van der Waals surface area contributed by atoms with Crippen LogP contribution in [0.15, 0.2) is 12.4 Å². The normalized spacial score (nSPS) is 13.6. The molecule has 0 bridgehead atoms. The van der Waals surface area contributed by atoms with Gasteiger partial charge in [0.2, 0.25) is 5.88 Å². The summed E-state index contributed by atoms with van der Waals surface area (Å²) in [4.78, 5) is 20.0. The third-order valence-electron chi connectivity index (χ3n) is 2.61. The van der Waals surface area contributed by atoms with Gasteiger partial charge in [-0.15, -0.1) is 0 Å². The number of nitrogens with zero attached hydrogens (tertiary/aromatic N) is 2. The Bertz CT molecular complexity index is 411. The number of rotatable bonds is 6. The summed E-state index contributed by atoms with van der Waals surface area (Å²) >= 11 is 0. The van der Waals surface area contributed by atoms with Gasteiger partial charge in [-0.1, -0.05) is 13.3 Å². The van der Waals surface area contributed by atoms with Crippen LogP contribution in [-0.4, -0.2) is 35.7 Å². The first-order chi connectivity index (χ1) is 8.55. The van der Waals surface area contributed by atoms with Gasteiger partial charge in [-0.3, -0.25) is 4.98 Å². The van der Waals surface area contributed by atoms with Crippen molar-refractivity contribution in [3.63, 3.8) is 0 Å². The Morgan fingerprint density at radius 1 is 1.44 bits per heavy atom. The highest BCUT2D eigenvalue weighted by Gasteiger charge is 2.33. The molecule has 1 heterocycles. The van der Waals surface area contributed by atoms with E-state index in [1.165, 1.54) is 20.4 Å². The predicted molar refractivity (Wildman–Crippen MR) is 67.5 cm³/mol. The Hall–Kier alpha value is -1.85. The molecule has 1 N–H and O–H groups in total. The summed E-state index contributed by atoms with van der Waals surface area (Å²) < 4.78 is 9.80.